The molecule has 1 aliphatic heterocycles. The van der Waals surface area contributed by atoms with Crippen molar-refractivity contribution in [1.82, 2.24) is 10.6 Å². The summed E-state index contributed by atoms with van der Waals surface area (Å²) in [6.07, 6.45) is 1.05. The summed E-state index contributed by atoms with van der Waals surface area (Å²) in [5.41, 5.74) is 3.50. The van der Waals surface area contributed by atoms with E-state index in [2.05, 4.69) is 37.5 Å². The van der Waals surface area contributed by atoms with Gasteiger partial charge in [0, 0.05) is 18.7 Å². The minimum atomic E-state index is 0.0262. The predicted octanol–water partition coefficient (Wildman–Crippen LogP) is 2.11. The zero-order valence-electron chi connectivity index (χ0n) is 11.5. The van der Waals surface area contributed by atoms with Gasteiger partial charge in [-0.1, -0.05) is 26.8 Å². The Kier molecular flexibility index (Phi) is 3.71. The van der Waals surface area contributed by atoms with E-state index < -0.39 is 0 Å². The minimum absolute atomic E-state index is 0.0262. The number of fused-ring (bicyclic) bond motifs is 1. The predicted molar refractivity (Wildman–Crippen MR) is 73.6 cm³/mol. The standard InChI is InChI=1S/C15H22N2O/c1-15(2,3)10-17-14(18)12-5-4-11-6-7-16-9-13(11)8-12/h4-5,8,16H,6-7,9-10H2,1-3H3,(H,17,18). The monoisotopic (exact) mass is 246 g/mol. The molecule has 0 saturated carbocycles. The topological polar surface area (TPSA) is 41.1 Å². The molecule has 0 aliphatic carbocycles. The van der Waals surface area contributed by atoms with E-state index in [1.54, 1.807) is 0 Å². The van der Waals surface area contributed by atoms with Gasteiger partial charge in [-0.25, -0.2) is 0 Å². The first kappa shape index (κ1) is 13.1. The van der Waals surface area contributed by atoms with Gasteiger partial charge >= 0.3 is 0 Å². The molecule has 3 heteroatoms. The van der Waals surface area contributed by atoms with Gasteiger partial charge in [-0.2, -0.15) is 0 Å². The van der Waals surface area contributed by atoms with E-state index in [1.165, 1.54) is 11.1 Å². The largest absolute Gasteiger partial charge is 0.352 e. The molecule has 0 saturated heterocycles. The second-order valence-electron chi connectivity index (χ2n) is 6.15. The number of carbonyl (C=O) groups excluding carboxylic acids is 1. The first-order valence-corrected chi connectivity index (χ1v) is 6.56. The van der Waals surface area contributed by atoms with E-state index in [1.807, 2.05) is 12.1 Å². The molecule has 0 bridgehead atoms. The van der Waals surface area contributed by atoms with E-state index in [-0.39, 0.29) is 11.3 Å². The van der Waals surface area contributed by atoms with Crippen LogP contribution in [0.1, 0.15) is 42.3 Å². The number of nitrogens with one attached hydrogen (secondary N) is 2. The molecule has 3 nitrogen and oxygen atoms in total. The molecule has 1 amide bonds. The third-order valence-corrected chi connectivity index (χ3v) is 3.13. The molecule has 0 spiro atoms. The molecule has 2 N–H and O–H groups in total. The number of amides is 1. The van der Waals surface area contributed by atoms with Gasteiger partial charge < -0.3 is 10.6 Å². The van der Waals surface area contributed by atoms with Gasteiger partial charge in [-0.05, 0) is 41.6 Å². The smallest absolute Gasteiger partial charge is 0.251 e. The van der Waals surface area contributed by atoms with E-state index in [9.17, 15) is 4.79 Å². The van der Waals surface area contributed by atoms with Gasteiger partial charge in [-0.3, -0.25) is 4.79 Å². The van der Waals surface area contributed by atoms with Gasteiger partial charge in [0.25, 0.3) is 5.91 Å². The van der Waals surface area contributed by atoms with E-state index in [0.717, 1.165) is 25.1 Å². The van der Waals surface area contributed by atoms with E-state index >= 15 is 0 Å². The fraction of sp³-hybridized carbons (Fsp3) is 0.533. The Labute approximate surface area is 109 Å². The molecule has 0 aromatic heterocycles. The highest BCUT2D eigenvalue weighted by molar-refractivity contribution is 5.94. The van der Waals surface area contributed by atoms with E-state index in [0.29, 0.717) is 6.54 Å². The maximum atomic E-state index is 12.0. The molecule has 1 aliphatic rings. The molecule has 0 unspecified atom stereocenters. The van der Waals surface area contributed by atoms with Gasteiger partial charge in [0.2, 0.25) is 0 Å². The lowest BCUT2D eigenvalue weighted by Gasteiger charge is -2.20. The minimum Gasteiger partial charge on any atom is -0.352 e. The molecular formula is C15H22N2O. The van der Waals surface area contributed by atoms with Crippen molar-refractivity contribution in [3.05, 3.63) is 34.9 Å². The average molecular weight is 246 g/mol. The first-order valence-electron chi connectivity index (χ1n) is 6.56. The normalized spacial score (nSPS) is 15.1. The molecule has 0 atom stereocenters. The fourth-order valence-corrected chi connectivity index (χ4v) is 2.07. The van der Waals surface area contributed by atoms with Crippen molar-refractivity contribution < 1.29 is 4.79 Å². The highest BCUT2D eigenvalue weighted by Gasteiger charge is 2.15. The number of rotatable bonds is 2. The molecule has 0 radical (unpaired) electrons. The van der Waals surface area contributed by atoms with Crippen molar-refractivity contribution in [3.63, 3.8) is 0 Å². The van der Waals surface area contributed by atoms with Crippen molar-refractivity contribution >= 4 is 5.91 Å². The molecule has 2 rings (SSSR count). The number of hydrogen-bond acceptors (Lipinski definition) is 2. The molecule has 1 heterocycles. The van der Waals surface area contributed by atoms with Gasteiger partial charge in [0.1, 0.15) is 0 Å². The van der Waals surface area contributed by atoms with Crippen LogP contribution in [-0.2, 0) is 13.0 Å². The van der Waals surface area contributed by atoms with Crippen molar-refractivity contribution in [1.29, 1.82) is 0 Å². The Morgan fingerprint density at radius 1 is 1.33 bits per heavy atom. The highest BCUT2D eigenvalue weighted by atomic mass is 16.1. The van der Waals surface area contributed by atoms with Crippen molar-refractivity contribution in [2.24, 2.45) is 5.41 Å². The molecule has 0 fully saturated rings. The third-order valence-electron chi connectivity index (χ3n) is 3.13. The molecule has 18 heavy (non-hydrogen) atoms. The van der Waals surface area contributed by atoms with Crippen LogP contribution >= 0.6 is 0 Å². The van der Waals surface area contributed by atoms with Crippen LogP contribution in [0.4, 0.5) is 0 Å². The summed E-state index contributed by atoms with van der Waals surface area (Å²) in [6.45, 7) is 8.94. The van der Waals surface area contributed by atoms with Gasteiger partial charge in [0.05, 0.1) is 0 Å². The fourth-order valence-electron chi connectivity index (χ4n) is 2.07. The van der Waals surface area contributed by atoms with Crippen molar-refractivity contribution in [2.75, 3.05) is 13.1 Å². The van der Waals surface area contributed by atoms with Crippen LogP contribution in [0.2, 0.25) is 0 Å². The molecule has 1 aromatic rings. The second-order valence-corrected chi connectivity index (χ2v) is 6.15. The lowest BCUT2D eigenvalue weighted by molar-refractivity contribution is 0.0939. The lowest BCUT2D eigenvalue weighted by Crippen LogP contribution is -2.32. The Bertz CT molecular complexity index is 446. The zero-order chi connectivity index (χ0) is 13.2. The summed E-state index contributed by atoms with van der Waals surface area (Å²) in [5.74, 6) is 0.0262. The summed E-state index contributed by atoms with van der Waals surface area (Å²) in [5, 5.41) is 6.32. The molecule has 1 aromatic carbocycles. The average Bonchev–Trinajstić information content (AvgIpc) is 2.34. The van der Waals surface area contributed by atoms with Gasteiger partial charge in [-0.15, -0.1) is 0 Å². The van der Waals surface area contributed by atoms with Crippen LogP contribution < -0.4 is 10.6 Å². The Morgan fingerprint density at radius 3 is 2.83 bits per heavy atom. The number of benzene rings is 1. The highest BCUT2D eigenvalue weighted by Crippen LogP contribution is 2.16. The van der Waals surface area contributed by atoms with Crippen LogP contribution in [0.15, 0.2) is 18.2 Å². The Balaban J connectivity index is 2.07. The summed E-state index contributed by atoms with van der Waals surface area (Å²) < 4.78 is 0. The van der Waals surface area contributed by atoms with Crippen LogP contribution in [0.5, 0.6) is 0 Å². The Hall–Kier alpha value is -1.35. The van der Waals surface area contributed by atoms with Crippen LogP contribution in [0.3, 0.4) is 0 Å². The van der Waals surface area contributed by atoms with Crippen LogP contribution in [0, 0.1) is 5.41 Å². The van der Waals surface area contributed by atoms with Crippen LogP contribution in [-0.4, -0.2) is 19.0 Å². The number of hydrogen-bond donors (Lipinski definition) is 2. The maximum Gasteiger partial charge on any atom is 0.251 e. The Morgan fingerprint density at radius 2 is 2.11 bits per heavy atom. The summed E-state index contributed by atoms with van der Waals surface area (Å²) in [4.78, 5) is 12.0. The first-order chi connectivity index (χ1) is 8.46. The summed E-state index contributed by atoms with van der Waals surface area (Å²) in [7, 11) is 0. The second kappa shape index (κ2) is 5.11. The van der Waals surface area contributed by atoms with Crippen molar-refractivity contribution in [3.8, 4) is 0 Å². The SMILES string of the molecule is CC(C)(C)CNC(=O)c1ccc2c(c1)CNCC2. The van der Waals surface area contributed by atoms with Crippen LogP contribution in [0.25, 0.3) is 0 Å². The summed E-state index contributed by atoms with van der Waals surface area (Å²) >= 11 is 0. The quantitative estimate of drug-likeness (QED) is 0.839. The lowest BCUT2D eigenvalue weighted by atomic mass is 9.96. The zero-order valence-corrected chi connectivity index (χ0v) is 11.5. The van der Waals surface area contributed by atoms with E-state index in [4.69, 9.17) is 0 Å². The maximum absolute atomic E-state index is 12.0. The molecular weight excluding hydrogens is 224 g/mol. The molecule has 98 valence electrons. The summed E-state index contributed by atoms with van der Waals surface area (Å²) in [6, 6.07) is 6.03. The van der Waals surface area contributed by atoms with Gasteiger partial charge in [0.15, 0.2) is 0 Å². The van der Waals surface area contributed by atoms with Crippen molar-refractivity contribution in [2.45, 2.75) is 33.7 Å². The number of carbonyl (C=O) groups is 1. The third kappa shape index (κ3) is 3.33.